The topological polar surface area (TPSA) is 83.3 Å². The molecule has 1 heterocycles. The van der Waals surface area contributed by atoms with Gasteiger partial charge in [0.25, 0.3) is 5.91 Å². The lowest BCUT2D eigenvalue weighted by Crippen LogP contribution is -2.35. The molecule has 0 fully saturated rings. The normalized spacial score (nSPS) is 10.5. The lowest BCUT2D eigenvalue weighted by molar-refractivity contribution is 0.0949. The van der Waals surface area contributed by atoms with Crippen LogP contribution in [0.2, 0.25) is 0 Å². The van der Waals surface area contributed by atoms with E-state index in [4.69, 9.17) is 5.84 Å². The van der Waals surface area contributed by atoms with Gasteiger partial charge in [0.05, 0.1) is 11.3 Å². The van der Waals surface area contributed by atoms with Crippen molar-refractivity contribution in [1.29, 1.82) is 0 Å². The van der Waals surface area contributed by atoms with Crippen LogP contribution in [0.25, 0.3) is 0 Å². The average Bonchev–Trinajstić information content (AvgIpc) is 2.46. The molecule has 0 aliphatic carbocycles. The van der Waals surface area contributed by atoms with Gasteiger partial charge in [-0.1, -0.05) is 13.8 Å². The first-order valence-corrected chi connectivity index (χ1v) is 6.64. The number of hydrogen-bond donors (Lipinski definition) is 3. The molecule has 1 amide bonds. The molecule has 0 aromatic carbocycles. The molecule has 0 aliphatic rings. The number of likely N-dealkylation sites (N-methyl/N-ethyl adjacent to an activating group) is 1. The van der Waals surface area contributed by atoms with Crippen molar-refractivity contribution >= 4 is 11.6 Å². The first-order chi connectivity index (χ1) is 9.22. The number of nitrogens with one attached hydrogen (secondary N) is 2. The highest BCUT2D eigenvalue weighted by molar-refractivity contribution is 5.99. The second-order valence-electron chi connectivity index (χ2n) is 4.26. The molecule has 0 unspecified atom stereocenters. The number of rotatable bonds is 8. The summed E-state index contributed by atoms with van der Waals surface area (Å²) < 4.78 is 0. The van der Waals surface area contributed by atoms with Crippen LogP contribution in [0, 0.1) is 0 Å². The zero-order valence-corrected chi connectivity index (χ0v) is 11.6. The molecule has 6 heteroatoms. The Kier molecular flexibility index (Phi) is 6.84. The van der Waals surface area contributed by atoms with Crippen molar-refractivity contribution in [3.05, 3.63) is 24.0 Å². The lowest BCUT2D eigenvalue weighted by atomic mass is 10.2. The van der Waals surface area contributed by atoms with Gasteiger partial charge in [-0.25, -0.2) is 0 Å². The molecule has 1 aromatic heterocycles. The molecule has 0 radical (unpaired) electrons. The summed E-state index contributed by atoms with van der Waals surface area (Å²) in [4.78, 5) is 18.2. The third-order valence-electron chi connectivity index (χ3n) is 2.92. The van der Waals surface area contributed by atoms with Crippen molar-refractivity contribution in [3.63, 3.8) is 0 Å². The van der Waals surface area contributed by atoms with E-state index in [1.165, 1.54) is 6.20 Å². The molecule has 106 valence electrons. The van der Waals surface area contributed by atoms with Crippen molar-refractivity contribution in [1.82, 2.24) is 15.2 Å². The van der Waals surface area contributed by atoms with E-state index in [1.807, 2.05) is 0 Å². The Bertz CT molecular complexity index is 396. The smallest absolute Gasteiger partial charge is 0.255 e. The number of anilines is 1. The van der Waals surface area contributed by atoms with E-state index < -0.39 is 0 Å². The SMILES string of the molecule is CCCN(CC)CCNC(=O)c1cnccc1NN. The average molecular weight is 265 g/mol. The second-order valence-corrected chi connectivity index (χ2v) is 4.26. The van der Waals surface area contributed by atoms with Gasteiger partial charge in [0.1, 0.15) is 0 Å². The summed E-state index contributed by atoms with van der Waals surface area (Å²) >= 11 is 0. The molecule has 4 N–H and O–H groups in total. The summed E-state index contributed by atoms with van der Waals surface area (Å²) in [5, 5.41) is 2.88. The highest BCUT2D eigenvalue weighted by Crippen LogP contribution is 2.11. The van der Waals surface area contributed by atoms with Gasteiger partial charge in [-0.2, -0.15) is 0 Å². The third-order valence-corrected chi connectivity index (χ3v) is 2.92. The Hall–Kier alpha value is -1.66. The minimum Gasteiger partial charge on any atom is -0.351 e. The molecule has 6 nitrogen and oxygen atoms in total. The summed E-state index contributed by atoms with van der Waals surface area (Å²) in [5.41, 5.74) is 3.53. The van der Waals surface area contributed by atoms with Crippen molar-refractivity contribution in [2.24, 2.45) is 5.84 Å². The standard InChI is InChI=1S/C13H23N5O/c1-3-8-18(4-2)9-7-16-13(19)11-10-15-6-5-12(11)17-14/h5-6,10H,3-4,7-9,14H2,1-2H3,(H,15,17)(H,16,19). The van der Waals surface area contributed by atoms with Crippen molar-refractivity contribution in [2.45, 2.75) is 20.3 Å². The van der Waals surface area contributed by atoms with Crippen molar-refractivity contribution in [2.75, 3.05) is 31.6 Å². The summed E-state index contributed by atoms with van der Waals surface area (Å²) in [6.45, 7) is 7.78. The van der Waals surface area contributed by atoms with E-state index in [0.717, 1.165) is 26.1 Å². The van der Waals surface area contributed by atoms with Gasteiger partial charge in [-0.15, -0.1) is 0 Å². The third kappa shape index (κ3) is 4.84. The van der Waals surface area contributed by atoms with E-state index >= 15 is 0 Å². The molecular weight excluding hydrogens is 242 g/mol. The monoisotopic (exact) mass is 265 g/mol. The number of hydrogen-bond acceptors (Lipinski definition) is 5. The number of nitrogens with two attached hydrogens (primary N) is 1. The Balaban J connectivity index is 2.47. The Morgan fingerprint density at radius 3 is 2.84 bits per heavy atom. The van der Waals surface area contributed by atoms with Crippen LogP contribution in [0.15, 0.2) is 18.5 Å². The van der Waals surface area contributed by atoms with E-state index in [1.54, 1.807) is 12.3 Å². The van der Waals surface area contributed by atoms with Gasteiger partial charge in [0, 0.05) is 25.5 Å². The number of aromatic nitrogens is 1. The maximum absolute atomic E-state index is 12.0. The van der Waals surface area contributed by atoms with Crippen LogP contribution in [0.4, 0.5) is 5.69 Å². The minimum atomic E-state index is -0.159. The zero-order valence-electron chi connectivity index (χ0n) is 11.6. The maximum atomic E-state index is 12.0. The fourth-order valence-electron chi connectivity index (χ4n) is 1.87. The predicted molar refractivity (Wildman–Crippen MR) is 76.8 cm³/mol. The van der Waals surface area contributed by atoms with Crippen LogP contribution < -0.4 is 16.6 Å². The highest BCUT2D eigenvalue weighted by Gasteiger charge is 2.10. The van der Waals surface area contributed by atoms with E-state index in [2.05, 4.69) is 34.5 Å². The molecule has 0 aliphatic heterocycles. The molecule has 1 aromatic rings. The van der Waals surface area contributed by atoms with Gasteiger partial charge in [-0.3, -0.25) is 15.6 Å². The van der Waals surface area contributed by atoms with Gasteiger partial charge in [0.2, 0.25) is 0 Å². The summed E-state index contributed by atoms with van der Waals surface area (Å²) in [6, 6.07) is 1.67. The zero-order chi connectivity index (χ0) is 14.1. The highest BCUT2D eigenvalue weighted by atomic mass is 16.1. The Morgan fingerprint density at radius 2 is 2.21 bits per heavy atom. The van der Waals surface area contributed by atoms with Gasteiger partial charge >= 0.3 is 0 Å². The molecule has 0 spiro atoms. The second kappa shape index (κ2) is 8.44. The van der Waals surface area contributed by atoms with Gasteiger partial charge in [-0.05, 0) is 25.6 Å². The minimum absolute atomic E-state index is 0.159. The summed E-state index contributed by atoms with van der Waals surface area (Å²) in [7, 11) is 0. The van der Waals surface area contributed by atoms with Crippen molar-refractivity contribution < 1.29 is 4.79 Å². The Morgan fingerprint density at radius 1 is 1.42 bits per heavy atom. The van der Waals surface area contributed by atoms with Crippen LogP contribution in [-0.2, 0) is 0 Å². The lowest BCUT2D eigenvalue weighted by Gasteiger charge is -2.19. The molecule has 1 rings (SSSR count). The van der Waals surface area contributed by atoms with Crippen molar-refractivity contribution in [3.8, 4) is 0 Å². The molecule has 0 saturated heterocycles. The number of carbonyl (C=O) groups is 1. The Labute approximate surface area is 114 Å². The fourth-order valence-corrected chi connectivity index (χ4v) is 1.87. The predicted octanol–water partition coefficient (Wildman–Crippen LogP) is 0.829. The molecular formula is C13H23N5O. The number of amides is 1. The van der Waals surface area contributed by atoms with Crippen LogP contribution in [0.3, 0.4) is 0 Å². The first kappa shape index (κ1) is 15.4. The number of nitrogen functional groups attached to an aromatic ring is 1. The largest absolute Gasteiger partial charge is 0.351 e. The van der Waals surface area contributed by atoms with Crippen LogP contribution in [0.1, 0.15) is 30.6 Å². The van der Waals surface area contributed by atoms with Crippen LogP contribution in [0.5, 0.6) is 0 Å². The number of pyridine rings is 1. The first-order valence-electron chi connectivity index (χ1n) is 6.64. The fraction of sp³-hybridized carbons (Fsp3) is 0.538. The maximum Gasteiger partial charge on any atom is 0.255 e. The molecule has 0 atom stereocenters. The molecule has 19 heavy (non-hydrogen) atoms. The van der Waals surface area contributed by atoms with E-state index in [-0.39, 0.29) is 5.91 Å². The van der Waals surface area contributed by atoms with Crippen LogP contribution >= 0.6 is 0 Å². The van der Waals surface area contributed by atoms with E-state index in [9.17, 15) is 4.79 Å². The number of hydrazine groups is 1. The summed E-state index contributed by atoms with van der Waals surface area (Å²) in [6.07, 6.45) is 4.21. The molecule has 0 saturated carbocycles. The quantitative estimate of drug-likeness (QED) is 0.479. The van der Waals surface area contributed by atoms with Gasteiger partial charge < -0.3 is 15.6 Å². The molecule has 0 bridgehead atoms. The number of carbonyl (C=O) groups excluding carboxylic acids is 1. The summed E-state index contributed by atoms with van der Waals surface area (Å²) in [5.74, 6) is 5.20. The van der Waals surface area contributed by atoms with Crippen LogP contribution in [-0.4, -0.2) is 42.0 Å². The number of nitrogens with zero attached hydrogens (tertiary/aromatic N) is 2. The van der Waals surface area contributed by atoms with Gasteiger partial charge in [0.15, 0.2) is 0 Å². The van der Waals surface area contributed by atoms with E-state index in [0.29, 0.717) is 17.8 Å².